The van der Waals surface area contributed by atoms with E-state index in [1.807, 2.05) is 0 Å². The van der Waals surface area contributed by atoms with E-state index < -0.39 is 17.5 Å². The Morgan fingerprint density at radius 2 is 1.61 bits per heavy atom. The van der Waals surface area contributed by atoms with E-state index in [9.17, 15) is 19.5 Å². The number of nitrogen functional groups attached to an aromatic ring is 1. The number of amides is 1. The van der Waals surface area contributed by atoms with Gasteiger partial charge in [0.05, 0.1) is 19.8 Å². The summed E-state index contributed by atoms with van der Waals surface area (Å²) in [6.07, 6.45) is 0.0721. The van der Waals surface area contributed by atoms with Crippen LogP contribution in [0.3, 0.4) is 0 Å². The van der Waals surface area contributed by atoms with Crippen molar-refractivity contribution in [2.75, 3.05) is 25.3 Å². The van der Waals surface area contributed by atoms with Crippen LogP contribution >= 0.6 is 0 Å². The highest BCUT2D eigenvalue weighted by molar-refractivity contribution is 6.23. The molecule has 4 N–H and O–H groups in total. The number of phenolic OH excluding ortho intramolecular Hbond substituents is 1. The second-order valence-electron chi connectivity index (χ2n) is 6.93. The van der Waals surface area contributed by atoms with Crippen molar-refractivity contribution < 1.29 is 29.0 Å². The van der Waals surface area contributed by atoms with E-state index in [-0.39, 0.29) is 40.4 Å². The van der Waals surface area contributed by atoms with E-state index in [1.54, 1.807) is 30.3 Å². The lowest BCUT2D eigenvalue weighted by atomic mass is 9.88. The number of aromatic hydroxyl groups is 1. The first kappa shape index (κ1) is 21.6. The van der Waals surface area contributed by atoms with Gasteiger partial charge in [0.2, 0.25) is 23.1 Å². The van der Waals surface area contributed by atoms with Gasteiger partial charge in [0.15, 0.2) is 0 Å². The van der Waals surface area contributed by atoms with Gasteiger partial charge in [-0.1, -0.05) is 6.07 Å². The molecule has 2 aromatic rings. The summed E-state index contributed by atoms with van der Waals surface area (Å²) in [6.45, 7) is 1.54. The number of hydrogen-bond donors (Lipinski definition) is 3. The summed E-state index contributed by atoms with van der Waals surface area (Å²) >= 11 is 0. The number of nitrogens with two attached hydrogens (primary N) is 1. The fourth-order valence-electron chi connectivity index (χ4n) is 3.25. The van der Waals surface area contributed by atoms with Crippen LogP contribution in [0.1, 0.15) is 22.8 Å². The first-order chi connectivity index (χ1) is 14.8. The average molecular weight is 422 g/mol. The van der Waals surface area contributed by atoms with Crippen LogP contribution in [-0.4, -0.2) is 36.8 Å². The molecule has 1 amide bonds. The molecule has 0 aromatic heterocycles. The van der Waals surface area contributed by atoms with Gasteiger partial charge in [-0.05, 0) is 48.9 Å². The number of carbonyl (C=O) groups is 3. The molecular weight excluding hydrogens is 400 g/mol. The van der Waals surface area contributed by atoms with Crippen LogP contribution in [0.15, 0.2) is 65.1 Å². The number of nitrogens with one attached hydrogen (secondary N) is 1. The van der Waals surface area contributed by atoms with Crippen molar-refractivity contribution in [3.63, 3.8) is 0 Å². The summed E-state index contributed by atoms with van der Waals surface area (Å²) in [5.74, 6) is -1.93. The van der Waals surface area contributed by atoms with Gasteiger partial charge in [-0.25, -0.2) is 0 Å². The van der Waals surface area contributed by atoms with Crippen molar-refractivity contribution in [1.82, 2.24) is 0 Å². The number of benzene rings is 2. The molecule has 0 atom stereocenters. The molecule has 1 aliphatic carbocycles. The number of allylic oxidation sites excluding steroid dienone is 2. The van der Waals surface area contributed by atoms with E-state index in [2.05, 4.69) is 5.32 Å². The maximum absolute atomic E-state index is 12.8. The molecule has 0 spiro atoms. The number of ketones is 2. The quantitative estimate of drug-likeness (QED) is 0.482. The number of hydrogen-bond acceptors (Lipinski definition) is 7. The summed E-state index contributed by atoms with van der Waals surface area (Å²) < 4.78 is 10.1. The van der Waals surface area contributed by atoms with Gasteiger partial charge in [-0.15, -0.1) is 0 Å². The lowest BCUT2D eigenvalue weighted by Crippen LogP contribution is -2.26. The minimum Gasteiger partial charge on any atom is -0.507 e. The molecule has 0 saturated carbocycles. The Morgan fingerprint density at radius 3 is 2.23 bits per heavy atom. The predicted octanol–water partition coefficient (Wildman–Crippen LogP) is 2.74. The molecule has 31 heavy (non-hydrogen) atoms. The molecule has 0 fully saturated rings. The average Bonchev–Trinajstić information content (AvgIpc) is 2.76. The van der Waals surface area contributed by atoms with Crippen molar-refractivity contribution in [3.05, 3.63) is 76.3 Å². The monoisotopic (exact) mass is 422 g/mol. The van der Waals surface area contributed by atoms with E-state index >= 15 is 0 Å². The molecule has 160 valence electrons. The molecule has 8 heteroatoms. The molecule has 0 radical (unpaired) electrons. The summed E-state index contributed by atoms with van der Waals surface area (Å²) in [6, 6.07) is 11.0. The van der Waals surface area contributed by atoms with Crippen molar-refractivity contribution >= 4 is 28.8 Å². The number of carbonyl (C=O) groups excluding carboxylic acids is 3. The third-order valence-electron chi connectivity index (χ3n) is 4.95. The topological polar surface area (TPSA) is 128 Å². The van der Waals surface area contributed by atoms with E-state index in [1.165, 1.54) is 33.3 Å². The van der Waals surface area contributed by atoms with Gasteiger partial charge in [0, 0.05) is 28.9 Å². The highest BCUT2D eigenvalue weighted by atomic mass is 16.5. The lowest BCUT2D eigenvalue weighted by molar-refractivity contribution is -0.121. The van der Waals surface area contributed by atoms with E-state index in [4.69, 9.17) is 15.2 Å². The molecule has 3 rings (SSSR count). The highest BCUT2D eigenvalue weighted by Gasteiger charge is 2.34. The Balaban J connectivity index is 1.89. The van der Waals surface area contributed by atoms with Gasteiger partial charge in [-0.3, -0.25) is 14.4 Å². The first-order valence-electron chi connectivity index (χ1n) is 9.37. The van der Waals surface area contributed by atoms with Crippen LogP contribution in [0.4, 0.5) is 11.4 Å². The number of ether oxygens (including phenoxy) is 2. The minimum absolute atomic E-state index is 0.0299. The molecule has 0 unspecified atom stereocenters. The first-order valence-corrected chi connectivity index (χ1v) is 9.37. The Morgan fingerprint density at radius 1 is 1.00 bits per heavy atom. The zero-order chi connectivity index (χ0) is 22.7. The highest BCUT2D eigenvalue weighted by Crippen LogP contribution is 2.29. The summed E-state index contributed by atoms with van der Waals surface area (Å²) in [7, 11) is 2.59. The maximum Gasteiger partial charge on any atom is 0.259 e. The number of rotatable bonds is 6. The number of phenols is 1. The summed E-state index contributed by atoms with van der Waals surface area (Å²) in [4.78, 5) is 38.0. The van der Waals surface area contributed by atoms with Crippen LogP contribution in [0.5, 0.6) is 5.75 Å². The molecule has 0 heterocycles. The van der Waals surface area contributed by atoms with Crippen molar-refractivity contribution in [2.45, 2.75) is 13.3 Å². The molecule has 8 nitrogen and oxygen atoms in total. The Kier molecular flexibility index (Phi) is 6.10. The summed E-state index contributed by atoms with van der Waals surface area (Å²) in [5, 5.41) is 12.8. The molecular formula is C23H22N2O6. The zero-order valence-electron chi connectivity index (χ0n) is 17.3. The molecule has 0 bridgehead atoms. The third-order valence-corrected chi connectivity index (χ3v) is 4.95. The fraction of sp³-hybridized carbons (Fsp3) is 0.174. The SMILES string of the molecule is COC1=C(OC)C(=O)C(Cc2ccc(O)c(C(=O)Nc3ccc(N)cc3)c2)=C(C)C1=O. The Hall–Kier alpha value is -4.07. The lowest BCUT2D eigenvalue weighted by Gasteiger charge is -2.20. The molecule has 1 aliphatic rings. The normalized spacial score (nSPS) is 14.0. The number of methoxy groups -OCH3 is 2. The van der Waals surface area contributed by atoms with Crippen LogP contribution < -0.4 is 11.1 Å². The van der Waals surface area contributed by atoms with Gasteiger partial charge in [0.25, 0.3) is 5.91 Å². The van der Waals surface area contributed by atoms with Crippen LogP contribution in [0.25, 0.3) is 0 Å². The largest absolute Gasteiger partial charge is 0.507 e. The van der Waals surface area contributed by atoms with Gasteiger partial charge in [0.1, 0.15) is 5.75 Å². The predicted molar refractivity (Wildman–Crippen MR) is 114 cm³/mol. The summed E-state index contributed by atoms with van der Waals surface area (Å²) in [5.41, 5.74) is 7.77. The Bertz CT molecular complexity index is 1130. The Labute approximate surface area is 179 Å². The molecule has 0 aliphatic heterocycles. The van der Waals surface area contributed by atoms with Crippen molar-refractivity contribution in [2.24, 2.45) is 0 Å². The van der Waals surface area contributed by atoms with Gasteiger partial charge in [-0.2, -0.15) is 0 Å². The number of anilines is 2. The second kappa shape index (κ2) is 8.74. The fourth-order valence-corrected chi connectivity index (χ4v) is 3.25. The zero-order valence-corrected chi connectivity index (χ0v) is 17.3. The van der Waals surface area contributed by atoms with Crippen molar-refractivity contribution in [3.8, 4) is 5.75 Å². The van der Waals surface area contributed by atoms with Crippen LogP contribution in [0, 0.1) is 0 Å². The van der Waals surface area contributed by atoms with Crippen LogP contribution in [-0.2, 0) is 25.5 Å². The molecule has 0 saturated heterocycles. The van der Waals surface area contributed by atoms with Gasteiger partial charge >= 0.3 is 0 Å². The van der Waals surface area contributed by atoms with Crippen molar-refractivity contribution in [1.29, 1.82) is 0 Å². The smallest absolute Gasteiger partial charge is 0.259 e. The molecule has 2 aromatic carbocycles. The van der Waals surface area contributed by atoms with Gasteiger partial charge < -0.3 is 25.6 Å². The maximum atomic E-state index is 12.8. The minimum atomic E-state index is -0.528. The number of Topliss-reactive ketones (excluding diaryl/α,β-unsaturated/α-hetero) is 2. The standard InChI is InChI=1S/C23H22N2O6/c1-12-16(20(28)22(31-3)21(30-2)19(12)27)10-13-4-9-18(26)17(11-13)23(29)25-15-7-5-14(24)6-8-15/h4-9,11,26H,10,24H2,1-3H3,(H,25,29). The van der Waals surface area contributed by atoms with E-state index in [0.717, 1.165) is 0 Å². The van der Waals surface area contributed by atoms with E-state index in [0.29, 0.717) is 16.9 Å². The third kappa shape index (κ3) is 4.28. The van der Waals surface area contributed by atoms with Crippen LogP contribution in [0.2, 0.25) is 0 Å². The second-order valence-corrected chi connectivity index (χ2v) is 6.93.